The molecule has 16 heavy (non-hydrogen) atoms. The van der Waals surface area contributed by atoms with Crippen molar-refractivity contribution in [1.82, 2.24) is 0 Å². The molecule has 2 aromatic rings. The van der Waals surface area contributed by atoms with Crippen LogP contribution in [0.1, 0.15) is 0 Å². The molecule has 0 radical (unpaired) electrons. The Balaban J connectivity index is 2.58. The fourth-order valence-corrected chi connectivity index (χ4v) is 3.73. The summed E-state index contributed by atoms with van der Waals surface area (Å²) in [6, 6.07) is 18.9. The highest BCUT2D eigenvalue weighted by Crippen LogP contribution is 2.21. The molecule has 0 N–H and O–H groups in total. The van der Waals surface area contributed by atoms with Crippen molar-refractivity contribution in [2.24, 2.45) is 0 Å². The Morgan fingerprint density at radius 2 is 1.38 bits per heavy atom. The molecule has 0 unspecified atom stereocenters. The SMILES string of the molecule is C[Si](C)(Cl)c1ccccc1-c1ccccc1. The summed E-state index contributed by atoms with van der Waals surface area (Å²) in [4.78, 5) is 0. The van der Waals surface area contributed by atoms with Gasteiger partial charge in [-0.05, 0) is 16.3 Å². The first-order valence-electron chi connectivity index (χ1n) is 5.43. The molecule has 2 aromatic carbocycles. The Labute approximate surface area is 103 Å². The fourth-order valence-electron chi connectivity index (χ4n) is 1.87. The Hall–Kier alpha value is -1.05. The van der Waals surface area contributed by atoms with Gasteiger partial charge in [-0.2, -0.15) is 11.1 Å². The lowest BCUT2D eigenvalue weighted by atomic mass is 10.1. The van der Waals surface area contributed by atoms with Crippen LogP contribution in [0.15, 0.2) is 54.6 Å². The minimum Gasteiger partial charge on any atom is -0.161 e. The van der Waals surface area contributed by atoms with Gasteiger partial charge in [-0.1, -0.05) is 67.7 Å². The zero-order valence-corrected chi connectivity index (χ0v) is 11.3. The van der Waals surface area contributed by atoms with Gasteiger partial charge in [0.1, 0.15) is 0 Å². The molecule has 0 spiro atoms. The molecular formula is C14H15ClSi. The second-order valence-corrected chi connectivity index (χ2v) is 10.7. The monoisotopic (exact) mass is 246 g/mol. The highest BCUT2D eigenvalue weighted by atomic mass is 35.6. The quantitative estimate of drug-likeness (QED) is 0.555. The molecule has 0 nitrogen and oxygen atoms in total. The van der Waals surface area contributed by atoms with E-state index in [-0.39, 0.29) is 0 Å². The average molecular weight is 247 g/mol. The third kappa shape index (κ3) is 2.37. The maximum Gasteiger partial charge on any atom is 0.181 e. The van der Waals surface area contributed by atoms with E-state index in [1.165, 1.54) is 16.3 Å². The molecule has 0 fully saturated rings. The van der Waals surface area contributed by atoms with Gasteiger partial charge < -0.3 is 0 Å². The van der Waals surface area contributed by atoms with Gasteiger partial charge in [-0.3, -0.25) is 0 Å². The summed E-state index contributed by atoms with van der Waals surface area (Å²) < 4.78 is 0. The third-order valence-corrected chi connectivity index (χ3v) is 4.98. The molecule has 0 aliphatic carbocycles. The average Bonchev–Trinajstić information content (AvgIpc) is 2.29. The number of halogens is 1. The van der Waals surface area contributed by atoms with Crippen LogP contribution < -0.4 is 5.19 Å². The van der Waals surface area contributed by atoms with Crippen LogP contribution in [-0.2, 0) is 0 Å². The number of hydrogen-bond acceptors (Lipinski definition) is 0. The van der Waals surface area contributed by atoms with E-state index in [0.717, 1.165) is 0 Å². The summed E-state index contributed by atoms with van der Waals surface area (Å²) in [6.07, 6.45) is 0. The second kappa shape index (κ2) is 4.44. The van der Waals surface area contributed by atoms with Gasteiger partial charge in [-0.25, -0.2) is 0 Å². The molecule has 0 saturated heterocycles. The first-order valence-corrected chi connectivity index (χ1v) is 9.44. The summed E-state index contributed by atoms with van der Waals surface area (Å²) in [5.74, 6) is 0. The molecule has 0 atom stereocenters. The zero-order valence-electron chi connectivity index (χ0n) is 9.57. The van der Waals surface area contributed by atoms with E-state index in [4.69, 9.17) is 11.1 Å². The van der Waals surface area contributed by atoms with Crippen LogP contribution in [0.4, 0.5) is 0 Å². The van der Waals surface area contributed by atoms with Crippen LogP contribution in [0, 0.1) is 0 Å². The lowest BCUT2D eigenvalue weighted by Gasteiger charge is -2.18. The van der Waals surface area contributed by atoms with E-state index in [1.807, 2.05) is 6.07 Å². The minimum atomic E-state index is -1.79. The molecule has 2 rings (SSSR count). The van der Waals surface area contributed by atoms with Crippen molar-refractivity contribution in [3.05, 3.63) is 54.6 Å². The standard InChI is InChI=1S/C14H15ClSi/c1-16(2,15)14-11-7-6-10-13(14)12-8-4-3-5-9-12/h3-11H,1-2H3. The summed E-state index contributed by atoms with van der Waals surface area (Å²) >= 11 is 6.55. The van der Waals surface area contributed by atoms with E-state index in [2.05, 4.69) is 61.6 Å². The number of benzene rings is 2. The predicted molar refractivity (Wildman–Crippen MR) is 74.8 cm³/mol. The number of rotatable bonds is 2. The maximum atomic E-state index is 6.55. The van der Waals surface area contributed by atoms with Crippen LogP contribution in [0.25, 0.3) is 11.1 Å². The van der Waals surface area contributed by atoms with Crippen LogP contribution in [-0.4, -0.2) is 7.38 Å². The molecule has 0 aliphatic heterocycles. The van der Waals surface area contributed by atoms with Crippen molar-refractivity contribution >= 4 is 23.6 Å². The largest absolute Gasteiger partial charge is 0.181 e. The summed E-state index contributed by atoms with van der Waals surface area (Å²) in [5, 5.41) is 1.31. The molecular weight excluding hydrogens is 232 g/mol. The summed E-state index contributed by atoms with van der Waals surface area (Å²) in [6.45, 7) is 4.33. The molecule has 2 heteroatoms. The van der Waals surface area contributed by atoms with E-state index < -0.39 is 7.38 Å². The van der Waals surface area contributed by atoms with Crippen molar-refractivity contribution in [3.8, 4) is 11.1 Å². The normalized spacial score (nSPS) is 11.4. The van der Waals surface area contributed by atoms with Crippen molar-refractivity contribution in [2.75, 3.05) is 0 Å². The van der Waals surface area contributed by atoms with Crippen LogP contribution in [0.3, 0.4) is 0 Å². The van der Waals surface area contributed by atoms with Gasteiger partial charge in [0.15, 0.2) is 7.38 Å². The van der Waals surface area contributed by atoms with Gasteiger partial charge in [0.2, 0.25) is 0 Å². The highest BCUT2D eigenvalue weighted by Gasteiger charge is 2.23. The Morgan fingerprint density at radius 3 is 2.00 bits per heavy atom. The molecule has 0 aliphatic rings. The van der Waals surface area contributed by atoms with Gasteiger partial charge >= 0.3 is 0 Å². The van der Waals surface area contributed by atoms with Crippen LogP contribution in [0.5, 0.6) is 0 Å². The zero-order chi connectivity index (χ0) is 11.6. The van der Waals surface area contributed by atoms with Gasteiger partial charge in [-0.15, -0.1) is 0 Å². The van der Waals surface area contributed by atoms with Gasteiger partial charge in [0, 0.05) is 0 Å². The molecule has 0 heterocycles. The Kier molecular flexibility index (Phi) is 3.17. The number of hydrogen-bond donors (Lipinski definition) is 0. The van der Waals surface area contributed by atoms with E-state index in [0.29, 0.717) is 0 Å². The van der Waals surface area contributed by atoms with Crippen molar-refractivity contribution in [3.63, 3.8) is 0 Å². The minimum absolute atomic E-state index is 1.25. The first-order chi connectivity index (χ1) is 7.59. The topological polar surface area (TPSA) is 0 Å². The summed E-state index contributed by atoms with van der Waals surface area (Å²) in [7, 11) is -1.79. The van der Waals surface area contributed by atoms with E-state index in [9.17, 15) is 0 Å². The van der Waals surface area contributed by atoms with Gasteiger partial charge in [0.05, 0.1) is 0 Å². The smallest absolute Gasteiger partial charge is 0.161 e. The molecule has 0 aromatic heterocycles. The van der Waals surface area contributed by atoms with Crippen molar-refractivity contribution in [2.45, 2.75) is 13.1 Å². The lowest BCUT2D eigenvalue weighted by molar-refractivity contribution is 1.63. The van der Waals surface area contributed by atoms with E-state index in [1.54, 1.807) is 0 Å². The third-order valence-electron chi connectivity index (χ3n) is 2.65. The van der Waals surface area contributed by atoms with Crippen LogP contribution in [0.2, 0.25) is 13.1 Å². The first kappa shape index (κ1) is 11.4. The Bertz CT molecular complexity index is 472. The molecule has 82 valence electrons. The predicted octanol–water partition coefficient (Wildman–Crippen LogP) is 4.00. The highest BCUT2D eigenvalue weighted by molar-refractivity contribution is 7.26. The maximum absolute atomic E-state index is 6.55. The molecule has 0 amide bonds. The van der Waals surface area contributed by atoms with Crippen LogP contribution >= 0.6 is 11.1 Å². The van der Waals surface area contributed by atoms with Gasteiger partial charge in [0.25, 0.3) is 0 Å². The Morgan fingerprint density at radius 1 is 0.812 bits per heavy atom. The second-order valence-electron chi connectivity index (χ2n) is 4.38. The lowest BCUT2D eigenvalue weighted by Crippen LogP contribution is -2.36. The van der Waals surface area contributed by atoms with E-state index >= 15 is 0 Å². The summed E-state index contributed by atoms with van der Waals surface area (Å²) in [5.41, 5.74) is 2.52. The molecule has 0 saturated carbocycles. The fraction of sp³-hybridized carbons (Fsp3) is 0.143. The van der Waals surface area contributed by atoms with Crippen molar-refractivity contribution in [1.29, 1.82) is 0 Å². The molecule has 0 bridgehead atoms. The van der Waals surface area contributed by atoms with Crippen molar-refractivity contribution < 1.29 is 0 Å².